The molecule has 0 radical (unpaired) electrons. The van der Waals surface area contributed by atoms with Gasteiger partial charge in [-0.2, -0.15) is 0 Å². The lowest BCUT2D eigenvalue weighted by atomic mass is 10.2. The summed E-state index contributed by atoms with van der Waals surface area (Å²) in [5.41, 5.74) is 0.857. The van der Waals surface area contributed by atoms with Crippen LogP contribution in [0.5, 0.6) is 0 Å². The minimum Gasteiger partial charge on any atom is -0.465 e. The van der Waals surface area contributed by atoms with E-state index in [-0.39, 0.29) is 0 Å². The van der Waals surface area contributed by atoms with Gasteiger partial charge in [0.2, 0.25) is 0 Å². The molecular weight excluding hydrogens is 278 g/mol. The Balaban J connectivity index is 1.86. The highest BCUT2D eigenvalue weighted by molar-refractivity contribution is 6.35. The van der Waals surface area contributed by atoms with E-state index in [0.717, 1.165) is 16.7 Å². The number of anilines is 1. The van der Waals surface area contributed by atoms with Gasteiger partial charge in [0.1, 0.15) is 5.82 Å². The molecule has 0 atom stereocenters. The molecule has 0 spiro atoms. The first kappa shape index (κ1) is 13.0. The molecule has 6 heteroatoms. The average Bonchev–Trinajstić information content (AvgIpc) is 2.47. The SMILES string of the molecule is O=C(O)N1CCN(c2cc(Cl)c3ccccc3n2)CC1. The number of hydrogen-bond donors (Lipinski definition) is 1. The van der Waals surface area contributed by atoms with E-state index in [0.29, 0.717) is 31.2 Å². The number of para-hydroxylation sites is 1. The third-order valence-electron chi connectivity index (χ3n) is 3.53. The number of carbonyl (C=O) groups is 1. The van der Waals surface area contributed by atoms with Crippen LogP contribution >= 0.6 is 11.6 Å². The van der Waals surface area contributed by atoms with Crippen molar-refractivity contribution in [2.24, 2.45) is 0 Å². The van der Waals surface area contributed by atoms with Crippen molar-refractivity contribution < 1.29 is 9.90 Å². The Hall–Kier alpha value is -2.01. The fraction of sp³-hybridized carbons (Fsp3) is 0.286. The average molecular weight is 292 g/mol. The van der Waals surface area contributed by atoms with Crippen LogP contribution in [0.1, 0.15) is 0 Å². The number of rotatable bonds is 1. The maximum absolute atomic E-state index is 10.9. The Labute approximate surface area is 121 Å². The summed E-state index contributed by atoms with van der Waals surface area (Å²) in [6.07, 6.45) is -0.867. The van der Waals surface area contributed by atoms with Gasteiger partial charge in [0, 0.05) is 31.6 Å². The Morgan fingerprint density at radius 3 is 2.60 bits per heavy atom. The molecule has 3 rings (SSSR count). The second kappa shape index (κ2) is 5.17. The number of nitrogens with zero attached hydrogens (tertiary/aromatic N) is 3. The predicted molar refractivity (Wildman–Crippen MR) is 78.6 cm³/mol. The van der Waals surface area contributed by atoms with Gasteiger partial charge in [-0.3, -0.25) is 0 Å². The van der Waals surface area contributed by atoms with E-state index in [1.165, 1.54) is 4.90 Å². The van der Waals surface area contributed by atoms with Gasteiger partial charge < -0.3 is 14.9 Å². The highest BCUT2D eigenvalue weighted by atomic mass is 35.5. The minimum absolute atomic E-state index is 0.488. The van der Waals surface area contributed by atoms with Crippen molar-refractivity contribution in [1.29, 1.82) is 0 Å². The summed E-state index contributed by atoms with van der Waals surface area (Å²) >= 11 is 6.29. The molecule has 104 valence electrons. The van der Waals surface area contributed by atoms with E-state index < -0.39 is 6.09 Å². The van der Waals surface area contributed by atoms with E-state index in [1.807, 2.05) is 30.3 Å². The van der Waals surface area contributed by atoms with Gasteiger partial charge in [-0.05, 0) is 12.1 Å². The van der Waals surface area contributed by atoms with Crippen LogP contribution < -0.4 is 4.90 Å². The molecule has 0 saturated carbocycles. The molecule has 1 saturated heterocycles. The molecule has 1 aliphatic heterocycles. The molecule has 1 N–H and O–H groups in total. The van der Waals surface area contributed by atoms with Gasteiger partial charge in [-0.25, -0.2) is 9.78 Å². The van der Waals surface area contributed by atoms with Gasteiger partial charge in [-0.15, -0.1) is 0 Å². The fourth-order valence-electron chi connectivity index (χ4n) is 2.41. The first-order valence-electron chi connectivity index (χ1n) is 6.43. The molecule has 0 unspecified atom stereocenters. The lowest BCUT2D eigenvalue weighted by Crippen LogP contribution is -2.48. The zero-order valence-electron chi connectivity index (χ0n) is 10.8. The smallest absolute Gasteiger partial charge is 0.407 e. The molecule has 1 fully saturated rings. The summed E-state index contributed by atoms with van der Waals surface area (Å²) in [4.78, 5) is 19.0. The van der Waals surface area contributed by atoms with Crippen molar-refractivity contribution in [3.05, 3.63) is 35.4 Å². The second-order valence-electron chi connectivity index (χ2n) is 4.74. The van der Waals surface area contributed by atoms with Gasteiger partial charge in [0.05, 0.1) is 10.5 Å². The van der Waals surface area contributed by atoms with E-state index in [1.54, 1.807) is 0 Å². The molecule has 1 aromatic carbocycles. The number of halogens is 1. The predicted octanol–water partition coefficient (Wildman–Crippen LogP) is 2.69. The summed E-state index contributed by atoms with van der Waals surface area (Å²) < 4.78 is 0. The Morgan fingerprint density at radius 2 is 1.90 bits per heavy atom. The number of benzene rings is 1. The van der Waals surface area contributed by atoms with Crippen LogP contribution in [0.15, 0.2) is 30.3 Å². The molecule has 2 aromatic rings. The highest BCUT2D eigenvalue weighted by Gasteiger charge is 2.21. The molecule has 2 heterocycles. The molecule has 1 aromatic heterocycles. The summed E-state index contributed by atoms with van der Waals surface area (Å²) in [6.45, 7) is 2.24. The van der Waals surface area contributed by atoms with Crippen molar-refractivity contribution >= 4 is 34.4 Å². The van der Waals surface area contributed by atoms with Crippen LogP contribution in [-0.2, 0) is 0 Å². The first-order chi connectivity index (χ1) is 9.65. The third kappa shape index (κ3) is 2.36. The van der Waals surface area contributed by atoms with Crippen molar-refractivity contribution in [3.8, 4) is 0 Å². The van der Waals surface area contributed by atoms with E-state index in [4.69, 9.17) is 16.7 Å². The second-order valence-corrected chi connectivity index (χ2v) is 5.14. The molecule has 5 nitrogen and oxygen atoms in total. The maximum atomic E-state index is 10.9. The van der Waals surface area contributed by atoms with E-state index in [2.05, 4.69) is 9.88 Å². The Bertz CT molecular complexity index is 654. The minimum atomic E-state index is -0.867. The zero-order chi connectivity index (χ0) is 14.1. The normalized spacial score (nSPS) is 15.7. The lowest BCUT2D eigenvalue weighted by Gasteiger charge is -2.34. The molecule has 0 aliphatic carbocycles. The van der Waals surface area contributed by atoms with E-state index >= 15 is 0 Å². The van der Waals surface area contributed by atoms with Gasteiger partial charge in [0.15, 0.2) is 0 Å². The number of amides is 1. The topological polar surface area (TPSA) is 56.7 Å². The molecule has 0 bridgehead atoms. The van der Waals surface area contributed by atoms with Gasteiger partial charge in [0.25, 0.3) is 0 Å². The van der Waals surface area contributed by atoms with Crippen LogP contribution in [0.3, 0.4) is 0 Å². The first-order valence-corrected chi connectivity index (χ1v) is 6.81. The van der Waals surface area contributed by atoms with Crippen LogP contribution in [-0.4, -0.2) is 47.3 Å². The Kier molecular flexibility index (Phi) is 3.36. The van der Waals surface area contributed by atoms with Crippen molar-refractivity contribution in [2.45, 2.75) is 0 Å². The summed E-state index contributed by atoms with van der Waals surface area (Å²) in [5.74, 6) is 0.804. The van der Waals surface area contributed by atoms with Gasteiger partial charge >= 0.3 is 6.09 Å². The van der Waals surface area contributed by atoms with Crippen molar-refractivity contribution in [1.82, 2.24) is 9.88 Å². The quantitative estimate of drug-likeness (QED) is 0.878. The highest BCUT2D eigenvalue weighted by Crippen LogP contribution is 2.27. The number of fused-ring (bicyclic) bond motifs is 1. The van der Waals surface area contributed by atoms with Crippen LogP contribution in [0.2, 0.25) is 5.02 Å². The summed E-state index contributed by atoms with van der Waals surface area (Å²) in [5, 5.41) is 10.6. The molecule has 20 heavy (non-hydrogen) atoms. The monoisotopic (exact) mass is 291 g/mol. The number of pyridine rings is 1. The maximum Gasteiger partial charge on any atom is 0.407 e. The molecule has 1 aliphatic rings. The summed E-state index contributed by atoms with van der Waals surface area (Å²) in [7, 11) is 0. The summed E-state index contributed by atoms with van der Waals surface area (Å²) in [6, 6.07) is 9.58. The number of aromatic nitrogens is 1. The Morgan fingerprint density at radius 1 is 1.20 bits per heavy atom. The third-order valence-corrected chi connectivity index (χ3v) is 3.84. The standard InChI is InChI=1S/C14H14ClN3O2/c15-11-9-13(16-12-4-2-1-3-10(11)12)17-5-7-18(8-6-17)14(19)20/h1-4,9H,5-8H2,(H,19,20). The van der Waals surface area contributed by atoms with Gasteiger partial charge in [-0.1, -0.05) is 29.8 Å². The molecule has 1 amide bonds. The molecular formula is C14H14ClN3O2. The zero-order valence-corrected chi connectivity index (χ0v) is 11.5. The fourth-order valence-corrected chi connectivity index (χ4v) is 2.67. The van der Waals surface area contributed by atoms with Crippen LogP contribution in [0.25, 0.3) is 10.9 Å². The van der Waals surface area contributed by atoms with E-state index in [9.17, 15) is 4.79 Å². The van der Waals surface area contributed by atoms with Crippen LogP contribution in [0, 0.1) is 0 Å². The van der Waals surface area contributed by atoms with Crippen molar-refractivity contribution in [3.63, 3.8) is 0 Å². The van der Waals surface area contributed by atoms with Crippen LogP contribution in [0.4, 0.5) is 10.6 Å². The largest absolute Gasteiger partial charge is 0.465 e. The van der Waals surface area contributed by atoms with Crippen molar-refractivity contribution in [2.75, 3.05) is 31.1 Å². The number of piperazine rings is 1. The number of hydrogen-bond acceptors (Lipinski definition) is 3. The lowest BCUT2D eigenvalue weighted by molar-refractivity contribution is 0.142. The number of carboxylic acid groups (broad SMARTS) is 1.